The molecule has 26 heavy (non-hydrogen) atoms. The molecule has 0 saturated carbocycles. The molecule has 0 bridgehead atoms. The zero-order valence-corrected chi connectivity index (χ0v) is 15.6. The molecule has 0 aliphatic carbocycles. The van der Waals surface area contributed by atoms with E-state index in [2.05, 4.69) is 15.3 Å². The van der Waals surface area contributed by atoms with Crippen molar-refractivity contribution in [2.75, 3.05) is 6.54 Å². The summed E-state index contributed by atoms with van der Waals surface area (Å²) >= 11 is 1.56. The van der Waals surface area contributed by atoms with Crippen LogP contribution in [-0.2, 0) is 11.2 Å². The van der Waals surface area contributed by atoms with Gasteiger partial charge in [-0.3, -0.25) is 4.79 Å². The van der Waals surface area contributed by atoms with Crippen LogP contribution in [0.5, 0.6) is 0 Å². The van der Waals surface area contributed by atoms with Crippen molar-refractivity contribution < 1.29 is 13.6 Å². The topological polar surface area (TPSA) is 59.8 Å². The Bertz CT molecular complexity index is 935. The van der Waals surface area contributed by atoms with Crippen molar-refractivity contribution in [2.45, 2.75) is 33.2 Å². The minimum atomic E-state index is -0.957. The first kappa shape index (κ1) is 18.4. The molecule has 1 N–H and O–H groups in total. The minimum Gasteiger partial charge on any atom is -0.354 e. The van der Waals surface area contributed by atoms with Gasteiger partial charge in [0.05, 0.1) is 22.4 Å². The summed E-state index contributed by atoms with van der Waals surface area (Å²) in [6.07, 6.45) is 2.11. The van der Waals surface area contributed by atoms with Crippen LogP contribution >= 0.6 is 11.3 Å². The molecule has 8 heteroatoms. The number of aromatic nitrogens is 3. The Balaban J connectivity index is 1.78. The van der Waals surface area contributed by atoms with E-state index in [-0.39, 0.29) is 11.8 Å². The average molecular weight is 378 g/mol. The van der Waals surface area contributed by atoms with Gasteiger partial charge in [0, 0.05) is 36.2 Å². The fourth-order valence-corrected chi connectivity index (χ4v) is 3.69. The van der Waals surface area contributed by atoms with Crippen LogP contribution in [0.25, 0.3) is 11.0 Å². The van der Waals surface area contributed by atoms with Gasteiger partial charge in [-0.2, -0.15) is 0 Å². The highest BCUT2D eigenvalue weighted by molar-refractivity contribution is 7.09. The largest absolute Gasteiger partial charge is 0.354 e. The third kappa shape index (κ3) is 3.75. The quantitative estimate of drug-likeness (QED) is 0.712. The molecule has 3 rings (SSSR count). The Morgan fingerprint density at radius 3 is 2.69 bits per heavy atom. The summed E-state index contributed by atoms with van der Waals surface area (Å²) in [7, 11) is 0. The number of carbonyl (C=O) groups excluding carboxylic acids is 1. The lowest BCUT2D eigenvalue weighted by Gasteiger charge is -2.22. The van der Waals surface area contributed by atoms with Crippen molar-refractivity contribution >= 4 is 28.3 Å². The molecule has 0 radical (unpaired) electrons. The fourth-order valence-electron chi connectivity index (χ4n) is 2.91. The Hall–Kier alpha value is -2.35. The number of rotatable bonds is 6. The van der Waals surface area contributed by atoms with Gasteiger partial charge in [-0.25, -0.2) is 18.7 Å². The van der Waals surface area contributed by atoms with Crippen LogP contribution in [0.3, 0.4) is 0 Å². The van der Waals surface area contributed by atoms with Crippen molar-refractivity contribution in [3.05, 3.63) is 46.2 Å². The number of imidazole rings is 1. The monoisotopic (exact) mass is 378 g/mol. The van der Waals surface area contributed by atoms with Gasteiger partial charge in [-0.15, -0.1) is 11.3 Å². The Kier molecular flexibility index (Phi) is 5.31. The maximum atomic E-state index is 13.6. The molecule has 1 atom stereocenters. The standard InChI is InChI=1S/C18H20F2N4OS/c1-10(2)17(18(25)21-5-4-16-23-11(3)8-26-16)24-9-22-14-6-12(19)13(20)7-15(14)24/h6-10,17H,4-5H2,1-3H3,(H,21,25). The number of thiazole rings is 1. The van der Waals surface area contributed by atoms with E-state index in [1.165, 1.54) is 6.33 Å². The predicted molar refractivity (Wildman–Crippen MR) is 97.1 cm³/mol. The van der Waals surface area contributed by atoms with E-state index < -0.39 is 17.7 Å². The van der Waals surface area contributed by atoms with E-state index in [0.717, 1.165) is 22.8 Å². The van der Waals surface area contributed by atoms with Crippen molar-refractivity contribution in [1.29, 1.82) is 0 Å². The van der Waals surface area contributed by atoms with Crippen molar-refractivity contribution in [2.24, 2.45) is 5.92 Å². The third-order valence-electron chi connectivity index (χ3n) is 4.12. The molecular formula is C18H20F2N4OS. The van der Waals surface area contributed by atoms with Gasteiger partial charge in [0.2, 0.25) is 5.91 Å². The predicted octanol–water partition coefficient (Wildman–Crippen LogP) is 3.64. The van der Waals surface area contributed by atoms with E-state index in [1.807, 2.05) is 26.2 Å². The van der Waals surface area contributed by atoms with E-state index in [0.29, 0.717) is 24.0 Å². The van der Waals surface area contributed by atoms with Crippen LogP contribution in [0, 0.1) is 24.5 Å². The molecule has 1 aromatic carbocycles. The van der Waals surface area contributed by atoms with Gasteiger partial charge in [0.25, 0.3) is 0 Å². The average Bonchev–Trinajstić information content (AvgIpc) is 3.15. The summed E-state index contributed by atoms with van der Waals surface area (Å²) in [5, 5.41) is 5.85. The number of nitrogens with zero attached hydrogens (tertiary/aromatic N) is 3. The highest BCUT2D eigenvalue weighted by atomic mass is 32.1. The second-order valence-corrected chi connectivity index (χ2v) is 7.46. The first-order valence-corrected chi connectivity index (χ1v) is 9.25. The highest BCUT2D eigenvalue weighted by Gasteiger charge is 2.26. The molecule has 1 amide bonds. The molecule has 1 unspecified atom stereocenters. The molecule has 2 aromatic heterocycles. The van der Waals surface area contributed by atoms with Crippen LogP contribution in [0.15, 0.2) is 23.8 Å². The van der Waals surface area contributed by atoms with Crippen LogP contribution in [-0.4, -0.2) is 27.0 Å². The molecule has 0 saturated heterocycles. The van der Waals surface area contributed by atoms with E-state index >= 15 is 0 Å². The number of benzene rings is 1. The van der Waals surface area contributed by atoms with Gasteiger partial charge >= 0.3 is 0 Å². The number of hydrogen-bond donors (Lipinski definition) is 1. The zero-order valence-electron chi connectivity index (χ0n) is 14.8. The molecule has 0 spiro atoms. The Labute approximate surface area is 154 Å². The number of nitrogens with one attached hydrogen (secondary N) is 1. The van der Waals surface area contributed by atoms with Crippen molar-refractivity contribution in [3.8, 4) is 0 Å². The van der Waals surface area contributed by atoms with E-state index in [9.17, 15) is 13.6 Å². The second-order valence-electron chi connectivity index (χ2n) is 6.52. The summed E-state index contributed by atoms with van der Waals surface area (Å²) in [6, 6.07) is 1.56. The summed E-state index contributed by atoms with van der Waals surface area (Å²) in [5.41, 5.74) is 1.68. The summed E-state index contributed by atoms with van der Waals surface area (Å²) in [4.78, 5) is 21.2. The van der Waals surface area contributed by atoms with Gasteiger partial charge in [-0.05, 0) is 12.8 Å². The summed E-state index contributed by atoms with van der Waals surface area (Å²) in [6.45, 7) is 6.20. The van der Waals surface area contributed by atoms with Gasteiger partial charge < -0.3 is 9.88 Å². The number of carbonyl (C=O) groups is 1. The van der Waals surface area contributed by atoms with Crippen LogP contribution < -0.4 is 5.32 Å². The van der Waals surface area contributed by atoms with E-state index in [4.69, 9.17) is 0 Å². The molecule has 2 heterocycles. The molecule has 0 aliphatic heterocycles. The number of halogens is 2. The number of fused-ring (bicyclic) bond motifs is 1. The molecule has 0 fully saturated rings. The second kappa shape index (κ2) is 7.49. The fraction of sp³-hybridized carbons (Fsp3) is 0.389. The number of aryl methyl sites for hydroxylation is 1. The SMILES string of the molecule is Cc1csc(CCNC(=O)C(C(C)C)n2cnc3cc(F)c(F)cc32)n1. The molecular weight excluding hydrogens is 358 g/mol. The van der Waals surface area contributed by atoms with Crippen molar-refractivity contribution in [3.63, 3.8) is 0 Å². The molecule has 5 nitrogen and oxygen atoms in total. The summed E-state index contributed by atoms with van der Waals surface area (Å²) < 4.78 is 28.6. The smallest absolute Gasteiger partial charge is 0.243 e. The van der Waals surface area contributed by atoms with Gasteiger partial charge in [0.15, 0.2) is 11.6 Å². The summed E-state index contributed by atoms with van der Waals surface area (Å²) in [5.74, 6) is -2.15. The lowest BCUT2D eigenvalue weighted by atomic mass is 10.0. The van der Waals surface area contributed by atoms with Crippen molar-refractivity contribution in [1.82, 2.24) is 19.9 Å². The number of amides is 1. The molecule has 3 aromatic rings. The normalized spacial score (nSPS) is 12.7. The lowest BCUT2D eigenvalue weighted by Crippen LogP contribution is -2.36. The van der Waals surface area contributed by atoms with Crippen LogP contribution in [0.4, 0.5) is 8.78 Å². The Morgan fingerprint density at radius 1 is 1.31 bits per heavy atom. The van der Waals surface area contributed by atoms with Crippen LogP contribution in [0.2, 0.25) is 0 Å². The third-order valence-corrected chi connectivity index (χ3v) is 5.15. The molecule has 0 aliphatic rings. The maximum Gasteiger partial charge on any atom is 0.243 e. The van der Waals surface area contributed by atoms with Gasteiger partial charge in [0.1, 0.15) is 6.04 Å². The first-order valence-electron chi connectivity index (χ1n) is 8.37. The Morgan fingerprint density at radius 2 is 2.04 bits per heavy atom. The minimum absolute atomic E-state index is 0.0531. The molecule has 138 valence electrons. The zero-order chi connectivity index (χ0) is 18.8. The maximum absolute atomic E-state index is 13.6. The van der Waals surface area contributed by atoms with Gasteiger partial charge in [-0.1, -0.05) is 13.8 Å². The highest BCUT2D eigenvalue weighted by Crippen LogP contribution is 2.25. The van der Waals surface area contributed by atoms with E-state index in [1.54, 1.807) is 15.9 Å². The lowest BCUT2D eigenvalue weighted by molar-refractivity contribution is -0.125. The number of hydrogen-bond acceptors (Lipinski definition) is 4. The van der Waals surface area contributed by atoms with Crippen LogP contribution in [0.1, 0.15) is 30.6 Å². The first-order chi connectivity index (χ1) is 12.4.